The molecule has 1 aromatic carbocycles. The minimum atomic E-state index is 0.386. The molecular weight excluding hydrogens is 289 g/mol. The van der Waals surface area contributed by atoms with Gasteiger partial charge >= 0.3 is 0 Å². The van der Waals surface area contributed by atoms with Crippen LogP contribution in [0.15, 0.2) is 41.1 Å². The van der Waals surface area contributed by atoms with Gasteiger partial charge in [-0.25, -0.2) is 4.98 Å². The Bertz CT molecular complexity index is 490. The highest BCUT2D eigenvalue weighted by atomic mass is 79.9. The molecule has 2 rings (SSSR count). The molecule has 0 saturated heterocycles. The Hall–Kier alpha value is -1.13. The van der Waals surface area contributed by atoms with Crippen molar-refractivity contribution in [3.8, 4) is 0 Å². The third-order valence-electron chi connectivity index (χ3n) is 2.02. The maximum absolute atomic E-state index is 5.73. The fraction of sp³-hybridized carbons (Fsp3) is 0.0909. The van der Waals surface area contributed by atoms with Crippen LogP contribution in [0.2, 0.25) is 5.15 Å². The van der Waals surface area contributed by atoms with Gasteiger partial charge < -0.3 is 5.32 Å². The molecule has 0 atom stereocenters. The van der Waals surface area contributed by atoms with E-state index < -0.39 is 0 Å². The minimum absolute atomic E-state index is 0.386. The highest BCUT2D eigenvalue weighted by Crippen LogP contribution is 2.17. The molecule has 0 aliphatic rings. The molecule has 2 aromatic rings. The molecule has 0 fully saturated rings. The summed E-state index contributed by atoms with van der Waals surface area (Å²) in [5.74, 6) is 0.670. The average Bonchev–Trinajstić information content (AvgIpc) is 2.28. The van der Waals surface area contributed by atoms with Gasteiger partial charge in [-0.2, -0.15) is 0 Å². The van der Waals surface area contributed by atoms with Crippen LogP contribution in [0, 0.1) is 0 Å². The first-order valence-corrected chi connectivity index (χ1v) is 5.87. The summed E-state index contributed by atoms with van der Waals surface area (Å²) >= 11 is 9.22. The summed E-state index contributed by atoms with van der Waals surface area (Å²) in [7, 11) is 0. The molecule has 0 spiro atoms. The quantitative estimate of drug-likeness (QED) is 0.942. The molecule has 1 aromatic heterocycles. The number of halogens is 2. The second kappa shape index (κ2) is 5.27. The molecule has 1 heterocycles. The van der Waals surface area contributed by atoms with Crippen molar-refractivity contribution in [3.05, 3.63) is 51.8 Å². The topological polar surface area (TPSA) is 37.8 Å². The van der Waals surface area contributed by atoms with Crippen LogP contribution in [0.3, 0.4) is 0 Å². The first-order valence-electron chi connectivity index (χ1n) is 4.70. The smallest absolute Gasteiger partial charge is 0.149 e. The lowest BCUT2D eigenvalue weighted by Gasteiger charge is -2.06. The maximum atomic E-state index is 5.73. The van der Waals surface area contributed by atoms with Crippen molar-refractivity contribution in [3.63, 3.8) is 0 Å². The molecule has 5 heteroatoms. The molecule has 3 nitrogen and oxygen atoms in total. The monoisotopic (exact) mass is 297 g/mol. The van der Waals surface area contributed by atoms with Crippen LogP contribution < -0.4 is 5.32 Å². The van der Waals surface area contributed by atoms with Crippen molar-refractivity contribution in [2.24, 2.45) is 0 Å². The molecule has 0 radical (unpaired) electrons. The van der Waals surface area contributed by atoms with Gasteiger partial charge in [0, 0.05) is 11.0 Å². The van der Waals surface area contributed by atoms with Crippen molar-refractivity contribution in [1.82, 2.24) is 9.97 Å². The summed E-state index contributed by atoms with van der Waals surface area (Å²) in [5.41, 5.74) is 1.16. The van der Waals surface area contributed by atoms with Gasteiger partial charge in [0.2, 0.25) is 0 Å². The Morgan fingerprint density at radius 3 is 2.81 bits per heavy atom. The number of anilines is 1. The number of aromatic nitrogens is 2. The predicted molar refractivity (Wildman–Crippen MR) is 68.5 cm³/mol. The van der Waals surface area contributed by atoms with Crippen molar-refractivity contribution in [2.75, 3.05) is 5.32 Å². The Morgan fingerprint density at radius 1 is 1.25 bits per heavy atom. The number of nitrogens with one attached hydrogen (secondary N) is 1. The zero-order valence-electron chi connectivity index (χ0n) is 8.32. The van der Waals surface area contributed by atoms with E-state index in [4.69, 9.17) is 11.6 Å². The number of hydrogen-bond donors (Lipinski definition) is 1. The van der Waals surface area contributed by atoms with Crippen molar-refractivity contribution >= 4 is 33.3 Å². The van der Waals surface area contributed by atoms with Crippen LogP contribution in [0.5, 0.6) is 0 Å². The average molecular weight is 299 g/mol. The van der Waals surface area contributed by atoms with E-state index in [0.29, 0.717) is 17.5 Å². The predicted octanol–water partition coefficient (Wildman–Crippen LogP) is 3.50. The largest absolute Gasteiger partial charge is 0.365 e. The van der Waals surface area contributed by atoms with Crippen molar-refractivity contribution in [1.29, 1.82) is 0 Å². The lowest BCUT2D eigenvalue weighted by molar-refractivity contribution is 1.08. The lowest BCUT2D eigenvalue weighted by atomic mass is 10.2. The van der Waals surface area contributed by atoms with E-state index in [0.717, 1.165) is 10.0 Å². The van der Waals surface area contributed by atoms with E-state index >= 15 is 0 Å². The van der Waals surface area contributed by atoms with Gasteiger partial charge in [0.15, 0.2) is 0 Å². The molecule has 0 bridgehead atoms. The summed E-state index contributed by atoms with van der Waals surface area (Å²) in [6.45, 7) is 0.677. The fourth-order valence-electron chi connectivity index (χ4n) is 1.25. The van der Waals surface area contributed by atoms with Gasteiger partial charge in [0.1, 0.15) is 11.0 Å². The fourth-order valence-corrected chi connectivity index (χ4v) is 1.83. The number of rotatable bonds is 3. The van der Waals surface area contributed by atoms with Crippen molar-refractivity contribution in [2.45, 2.75) is 6.54 Å². The summed E-state index contributed by atoms with van der Waals surface area (Å²) in [6.07, 6.45) is 3.15. The van der Waals surface area contributed by atoms with Crippen molar-refractivity contribution < 1.29 is 0 Å². The van der Waals surface area contributed by atoms with Crippen LogP contribution in [0.25, 0.3) is 0 Å². The minimum Gasteiger partial charge on any atom is -0.365 e. The molecule has 1 N–H and O–H groups in total. The molecule has 0 aliphatic heterocycles. The Labute approximate surface area is 107 Å². The molecule has 0 aliphatic carbocycles. The first-order chi connectivity index (χ1) is 7.75. The Morgan fingerprint density at radius 2 is 2.06 bits per heavy atom. The highest BCUT2D eigenvalue weighted by molar-refractivity contribution is 9.10. The van der Waals surface area contributed by atoms with E-state index in [1.165, 1.54) is 6.20 Å². The molecule has 82 valence electrons. The third kappa shape index (κ3) is 2.93. The lowest BCUT2D eigenvalue weighted by Crippen LogP contribution is -2.02. The second-order valence-corrected chi connectivity index (χ2v) is 4.41. The molecular formula is C11H9BrClN3. The molecule has 16 heavy (non-hydrogen) atoms. The SMILES string of the molecule is Clc1cncc(NCc2ccccc2Br)n1. The first kappa shape index (κ1) is 11.4. The number of benzene rings is 1. The standard InChI is InChI=1S/C11H9BrClN3/c12-9-4-2-1-3-8(9)5-15-11-7-14-6-10(13)16-11/h1-4,6-7H,5H2,(H,15,16). The van der Waals surface area contributed by atoms with Gasteiger partial charge in [0.05, 0.1) is 12.4 Å². The van der Waals surface area contributed by atoms with Crippen LogP contribution in [0.4, 0.5) is 5.82 Å². The van der Waals surface area contributed by atoms with Gasteiger partial charge in [-0.3, -0.25) is 4.98 Å². The maximum Gasteiger partial charge on any atom is 0.149 e. The summed E-state index contributed by atoms with van der Waals surface area (Å²) < 4.78 is 1.07. The highest BCUT2D eigenvalue weighted by Gasteiger charge is 1.99. The number of hydrogen-bond acceptors (Lipinski definition) is 3. The van der Waals surface area contributed by atoms with Gasteiger partial charge in [-0.15, -0.1) is 0 Å². The molecule has 0 unspecified atom stereocenters. The van der Waals surface area contributed by atoms with E-state index in [1.54, 1.807) is 6.20 Å². The van der Waals surface area contributed by atoms with Crippen LogP contribution in [0.1, 0.15) is 5.56 Å². The zero-order valence-corrected chi connectivity index (χ0v) is 10.7. The van der Waals surface area contributed by atoms with Gasteiger partial charge in [-0.05, 0) is 11.6 Å². The van der Waals surface area contributed by atoms with E-state index in [-0.39, 0.29) is 0 Å². The normalized spacial score (nSPS) is 10.1. The van der Waals surface area contributed by atoms with Crippen LogP contribution in [-0.4, -0.2) is 9.97 Å². The van der Waals surface area contributed by atoms with E-state index in [2.05, 4.69) is 31.2 Å². The summed E-state index contributed by atoms with van der Waals surface area (Å²) in [6, 6.07) is 8.01. The Balaban J connectivity index is 2.05. The molecule has 0 saturated carbocycles. The van der Waals surface area contributed by atoms with E-state index in [9.17, 15) is 0 Å². The summed E-state index contributed by atoms with van der Waals surface area (Å²) in [4.78, 5) is 8.04. The van der Waals surface area contributed by atoms with Gasteiger partial charge in [-0.1, -0.05) is 45.7 Å². The van der Waals surface area contributed by atoms with E-state index in [1.807, 2.05) is 24.3 Å². The van der Waals surface area contributed by atoms with Gasteiger partial charge in [0.25, 0.3) is 0 Å². The van der Waals surface area contributed by atoms with Crippen LogP contribution in [-0.2, 0) is 6.54 Å². The summed E-state index contributed by atoms with van der Waals surface area (Å²) in [5, 5.41) is 3.54. The molecule has 0 amide bonds. The second-order valence-electron chi connectivity index (χ2n) is 3.17. The third-order valence-corrected chi connectivity index (χ3v) is 2.98. The zero-order chi connectivity index (χ0) is 11.4. The number of nitrogens with zero attached hydrogens (tertiary/aromatic N) is 2. The van der Waals surface area contributed by atoms with Crippen LogP contribution >= 0.6 is 27.5 Å². The Kier molecular flexibility index (Phi) is 3.74.